The summed E-state index contributed by atoms with van der Waals surface area (Å²) in [4.78, 5) is 7.93. The third-order valence-electron chi connectivity index (χ3n) is 1.77. The van der Waals surface area contributed by atoms with Crippen LogP contribution < -0.4 is 5.32 Å². The van der Waals surface area contributed by atoms with Crippen molar-refractivity contribution in [2.24, 2.45) is 0 Å². The van der Waals surface area contributed by atoms with Gasteiger partial charge in [0.05, 0.1) is 0 Å². The zero-order chi connectivity index (χ0) is 9.73. The number of nitrogens with zero attached hydrogens (tertiary/aromatic N) is 2. The van der Waals surface area contributed by atoms with E-state index in [0.717, 1.165) is 12.2 Å². The summed E-state index contributed by atoms with van der Waals surface area (Å²) < 4.78 is 0. The second-order valence-electron chi connectivity index (χ2n) is 3.54. The minimum absolute atomic E-state index is 0.0178. The Morgan fingerprint density at radius 1 is 1.54 bits per heavy atom. The number of aromatic nitrogens is 2. The lowest BCUT2D eigenvalue weighted by Gasteiger charge is -2.25. The van der Waals surface area contributed by atoms with Crippen LogP contribution in [0.5, 0.6) is 0 Å². The predicted octanol–water partition coefficient (Wildman–Crippen LogP) is 2.30. The molecule has 1 N–H and O–H groups in total. The SMILES string of the molecule is CC(C)(CCCl)Nc1ccncn1. The fourth-order valence-electron chi connectivity index (χ4n) is 1.01. The van der Waals surface area contributed by atoms with Crippen molar-refractivity contribution in [2.45, 2.75) is 25.8 Å². The molecule has 4 heteroatoms. The summed E-state index contributed by atoms with van der Waals surface area (Å²) in [6.07, 6.45) is 4.14. The van der Waals surface area contributed by atoms with Gasteiger partial charge in [0.15, 0.2) is 0 Å². The Balaban J connectivity index is 2.58. The van der Waals surface area contributed by atoms with Crippen LogP contribution in [-0.4, -0.2) is 21.4 Å². The third-order valence-corrected chi connectivity index (χ3v) is 1.96. The van der Waals surface area contributed by atoms with E-state index < -0.39 is 0 Å². The number of nitrogens with one attached hydrogen (secondary N) is 1. The summed E-state index contributed by atoms with van der Waals surface area (Å²) in [5, 5.41) is 3.28. The lowest BCUT2D eigenvalue weighted by molar-refractivity contribution is 0.548. The molecule has 3 nitrogen and oxygen atoms in total. The van der Waals surface area contributed by atoms with Crippen LogP contribution in [0, 0.1) is 0 Å². The molecule has 1 heterocycles. The van der Waals surface area contributed by atoms with Gasteiger partial charge in [0.25, 0.3) is 0 Å². The van der Waals surface area contributed by atoms with Crippen LogP contribution in [0.25, 0.3) is 0 Å². The zero-order valence-corrected chi connectivity index (χ0v) is 8.67. The highest BCUT2D eigenvalue weighted by Crippen LogP contribution is 2.15. The molecule has 0 saturated heterocycles. The van der Waals surface area contributed by atoms with Crippen LogP contribution in [0.3, 0.4) is 0 Å². The molecule has 13 heavy (non-hydrogen) atoms. The van der Waals surface area contributed by atoms with Crippen molar-refractivity contribution in [3.05, 3.63) is 18.6 Å². The number of anilines is 1. The quantitative estimate of drug-likeness (QED) is 0.757. The summed E-state index contributed by atoms with van der Waals surface area (Å²) in [6.45, 7) is 4.19. The van der Waals surface area contributed by atoms with Gasteiger partial charge >= 0.3 is 0 Å². The van der Waals surface area contributed by atoms with Crippen molar-refractivity contribution in [1.29, 1.82) is 0 Å². The van der Waals surface area contributed by atoms with Crippen molar-refractivity contribution >= 4 is 17.4 Å². The number of halogens is 1. The van der Waals surface area contributed by atoms with Gasteiger partial charge < -0.3 is 5.32 Å². The molecule has 0 aromatic carbocycles. The Morgan fingerprint density at radius 2 is 2.31 bits per heavy atom. The normalized spacial score (nSPS) is 11.3. The van der Waals surface area contributed by atoms with Gasteiger partial charge in [-0.2, -0.15) is 0 Å². The van der Waals surface area contributed by atoms with Crippen molar-refractivity contribution in [3.63, 3.8) is 0 Å². The Hall–Kier alpha value is -0.830. The number of rotatable bonds is 4. The first-order valence-electron chi connectivity index (χ1n) is 4.24. The van der Waals surface area contributed by atoms with E-state index in [1.165, 1.54) is 6.33 Å². The molecule has 0 fully saturated rings. The fraction of sp³-hybridized carbons (Fsp3) is 0.556. The van der Waals surface area contributed by atoms with Gasteiger partial charge in [-0.15, -0.1) is 11.6 Å². The Kier molecular flexibility index (Phi) is 3.48. The molecular formula is C9H14ClN3. The highest BCUT2D eigenvalue weighted by molar-refractivity contribution is 6.17. The van der Waals surface area contributed by atoms with Crippen molar-refractivity contribution in [1.82, 2.24) is 9.97 Å². The van der Waals surface area contributed by atoms with Gasteiger partial charge in [-0.05, 0) is 26.3 Å². The molecule has 0 radical (unpaired) electrons. The van der Waals surface area contributed by atoms with E-state index in [0.29, 0.717) is 5.88 Å². The highest BCUT2D eigenvalue weighted by Gasteiger charge is 2.16. The minimum Gasteiger partial charge on any atom is -0.365 e. The average Bonchev–Trinajstić information content (AvgIpc) is 2.04. The molecule has 72 valence electrons. The number of hydrogen-bond donors (Lipinski definition) is 1. The topological polar surface area (TPSA) is 37.8 Å². The van der Waals surface area contributed by atoms with Crippen LogP contribution in [0.15, 0.2) is 18.6 Å². The number of hydrogen-bond acceptors (Lipinski definition) is 3. The van der Waals surface area contributed by atoms with Gasteiger partial charge in [0, 0.05) is 17.6 Å². The van der Waals surface area contributed by atoms with E-state index in [1.807, 2.05) is 6.07 Å². The largest absolute Gasteiger partial charge is 0.365 e. The molecule has 0 saturated carbocycles. The van der Waals surface area contributed by atoms with E-state index in [2.05, 4.69) is 29.1 Å². The molecule has 1 rings (SSSR count). The van der Waals surface area contributed by atoms with E-state index >= 15 is 0 Å². The maximum atomic E-state index is 5.68. The molecular weight excluding hydrogens is 186 g/mol. The van der Waals surface area contributed by atoms with Gasteiger partial charge in [0.2, 0.25) is 0 Å². The predicted molar refractivity (Wildman–Crippen MR) is 55.1 cm³/mol. The van der Waals surface area contributed by atoms with E-state index in [4.69, 9.17) is 11.6 Å². The molecule has 0 amide bonds. The Morgan fingerprint density at radius 3 is 2.85 bits per heavy atom. The summed E-state index contributed by atoms with van der Waals surface area (Å²) in [6, 6.07) is 1.84. The summed E-state index contributed by atoms with van der Waals surface area (Å²) in [5.74, 6) is 1.48. The highest BCUT2D eigenvalue weighted by atomic mass is 35.5. The average molecular weight is 200 g/mol. The van der Waals surface area contributed by atoms with Crippen molar-refractivity contribution in [2.75, 3.05) is 11.2 Å². The smallest absolute Gasteiger partial charge is 0.129 e. The molecule has 0 bridgehead atoms. The molecule has 1 aromatic heterocycles. The summed E-state index contributed by atoms with van der Waals surface area (Å²) in [5.41, 5.74) is -0.0178. The molecule has 0 atom stereocenters. The van der Waals surface area contributed by atoms with Crippen molar-refractivity contribution < 1.29 is 0 Å². The molecule has 0 aliphatic heterocycles. The van der Waals surface area contributed by atoms with Crippen LogP contribution in [0.4, 0.5) is 5.82 Å². The fourth-order valence-corrected chi connectivity index (χ4v) is 1.48. The van der Waals surface area contributed by atoms with Crippen LogP contribution in [-0.2, 0) is 0 Å². The molecule has 1 aromatic rings. The lowest BCUT2D eigenvalue weighted by Crippen LogP contribution is -2.31. The second kappa shape index (κ2) is 4.42. The van der Waals surface area contributed by atoms with Gasteiger partial charge in [-0.1, -0.05) is 0 Å². The minimum atomic E-state index is -0.0178. The third kappa shape index (κ3) is 3.59. The maximum absolute atomic E-state index is 5.68. The summed E-state index contributed by atoms with van der Waals surface area (Å²) in [7, 11) is 0. The van der Waals surface area contributed by atoms with Crippen LogP contribution in [0.2, 0.25) is 0 Å². The first-order chi connectivity index (χ1) is 6.14. The number of alkyl halides is 1. The molecule has 0 spiro atoms. The first-order valence-corrected chi connectivity index (χ1v) is 4.78. The first kappa shape index (κ1) is 10.3. The van der Waals surface area contributed by atoms with E-state index in [-0.39, 0.29) is 5.54 Å². The Labute approximate surface area is 83.5 Å². The van der Waals surface area contributed by atoms with E-state index in [9.17, 15) is 0 Å². The monoisotopic (exact) mass is 199 g/mol. The van der Waals surface area contributed by atoms with Crippen LogP contribution in [0.1, 0.15) is 20.3 Å². The van der Waals surface area contributed by atoms with Crippen LogP contribution >= 0.6 is 11.6 Å². The maximum Gasteiger partial charge on any atom is 0.129 e. The molecule has 0 aliphatic carbocycles. The summed E-state index contributed by atoms with van der Waals surface area (Å²) >= 11 is 5.68. The second-order valence-corrected chi connectivity index (χ2v) is 3.92. The van der Waals surface area contributed by atoms with E-state index in [1.54, 1.807) is 6.20 Å². The van der Waals surface area contributed by atoms with Crippen molar-refractivity contribution in [3.8, 4) is 0 Å². The molecule has 0 aliphatic rings. The lowest BCUT2D eigenvalue weighted by atomic mass is 10.0. The van der Waals surface area contributed by atoms with Gasteiger partial charge in [-0.3, -0.25) is 0 Å². The Bertz CT molecular complexity index is 248. The zero-order valence-electron chi connectivity index (χ0n) is 7.92. The standard InChI is InChI=1S/C9H14ClN3/c1-9(2,4-5-10)13-8-3-6-11-7-12-8/h3,6-7H,4-5H2,1-2H3,(H,11,12,13). The molecule has 0 unspecified atom stereocenters. The van der Waals surface area contributed by atoms with Gasteiger partial charge in [0.1, 0.15) is 12.1 Å². The van der Waals surface area contributed by atoms with Gasteiger partial charge in [-0.25, -0.2) is 9.97 Å².